The SMILES string of the molecule is CCc1cccc(C)c1NC(=O)C1CCc2nc3ccccn3c2C1. The van der Waals surface area contributed by atoms with E-state index in [4.69, 9.17) is 4.98 Å². The lowest BCUT2D eigenvalue weighted by Crippen LogP contribution is -2.29. The summed E-state index contributed by atoms with van der Waals surface area (Å²) in [5.74, 6) is 0.123. The van der Waals surface area contributed by atoms with Crippen molar-refractivity contribution in [3.05, 3.63) is 65.1 Å². The second kappa shape index (κ2) is 6.36. The van der Waals surface area contributed by atoms with Gasteiger partial charge in [-0.3, -0.25) is 4.79 Å². The van der Waals surface area contributed by atoms with Gasteiger partial charge >= 0.3 is 0 Å². The number of hydrogen-bond acceptors (Lipinski definition) is 2. The highest BCUT2D eigenvalue weighted by molar-refractivity contribution is 5.94. The lowest BCUT2D eigenvalue weighted by molar-refractivity contribution is -0.120. The Hall–Kier alpha value is -2.62. The summed E-state index contributed by atoms with van der Waals surface area (Å²) in [5.41, 5.74) is 6.60. The van der Waals surface area contributed by atoms with Gasteiger partial charge < -0.3 is 9.72 Å². The van der Waals surface area contributed by atoms with Gasteiger partial charge in [0.05, 0.1) is 5.69 Å². The Labute approximate surface area is 147 Å². The third-order valence-corrected chi connectivity index (χ3v) is 5.24. The van der Waals surface area contributed by atoms with Gasteiger partial charge in [0.2, 0.25) is 5.91 Å². The van der Waals surface area contributed by atoms with E-state index in [2.05, 4.69) is 41.8 Å². The molecule has 1 aliphatic carbocycles. The maximum Gasteiger partial charge on any atom is 0.227 e. The van der Waals surface area contributed by atoms with Gasteiger partial charge in [-0.2, -0.15) is 0 Å². The largest absolute Gasteiger partial charge is 0.325 e. The van der Waals surface area contributed by atoms with Gasteiger partial charge in [0.1, 0.15) is 5.65 Å². The van der Waals surface area contributed by atoms with Gasteiger partial charge in [-0.1, -0.05) is 31.2 Å². The van der Waals surface area contributed by atoms with Crippen LogP contribution in [0.15, 0.2) is 42.6 Å². The number of carbonyl (C=O) groups excluding carboxylic acids is 1. The number of nitrogens with zero attached hydrogens (tertiary/aromatic N) is 2. The molecule has 1 N–H and O–H groups in total. The van der Waals surface area contributed by atoms with E-state index >= 15 is 0 Å². The highest BCUT2D eigenvalue weighted by atomic mass is 16.1. The molecule has 128 valence electrons. The molecule has 4 nitrogen and oxygen atoms in total. The molecule has 0 saturated carbocycles. The summed E-state index contributed by atoms with van der Waals surface area (Å²) in [6.45, 7) is 4.17. The molecule has 1 aromatic carbocycles. The van der Waals surface area contributed by atoms with E-state index in [0.717, 1.165) is 48.3 Å². The molecule has 0 spiro atoms. The molecule has 0 saturated heterocycles. The molecule has 25 heavy (non-hydrogen) atoms. The second-order valence-corrected chi connectivity index (χ2v) is 6.83. The quantitative estimate of drug-likeness (QED) is 0.789. The first-order valence-electron chi connectivity index (χ1n) is 9.01. The highest BCUT2D eigenvalue weighted by Gasteiger charge is 2.28. The Balaban J connectivity index is 1.59. The number of imidazole rings is 1. The number of aryl methyl sites for hydroxylation is 3. The van der Waals surface area contributed by atoms with Gasteiger partial charge in [0.25, 0.3) is 0 Å². The van der Waals surface area contributed by atoms with Crippen molar-refractivity contribution >= 4 is 17.2 Å². The molecule has 0 fully saturated rings. The van der Waals surface area contributed by atoms with Crippen LogP contribution in [0.25, 0.3) is 5.65 Å². The number of amides is 1. The number of aromatic nitrogens is 2. The second-order valence-electron chi connectivity index (χ2n) is 6.83. The third kappa shape index (κ3) is 2.82. The van der Waals surface area contributed by atoms with Crippen molar-refractivity contribution in [1.82, 2.24) is 9.38 Å². The standard InChI is InChI=1S/C21H23N3O/c1-3-15-8-6-7-14(2)20(15)23-21(25)16-10-11-17-18(13-16)24-12-5-4-9-19(24)22-17/h4-9,12,16H,3,10-11,13H2,1-2H3,(H,23,25). The Morgan fingerprint density at radius 3 is 3.00 bits per heavy atom. The van der Waals surface area contributed by atoms with E-state index in [9.17, 15) is 4.79 Å². The summed E-state index contributed by atoms with van der Waals surface area (Å²) < 4.78 is 2.13. The Bertz CT molecular complexity index is 941. The molecule has 0 radical (unpaired) electrons. The van der Waals surface area contributed by atoms with Crippen LogP contribution in [0.5, 0.6) is 0 Å². The van der Waals surface area contributed by atoms with Crippen LogP contribution in [-0.4, -0.2) is 15.3 Å². The predicted octanol–water partition coefficient (Wildman–Crippen LogP) is 3.95. The Morgan fingerprint density at radius 2 is 2.16 bits per heavy atom. The van der Waals surface area contributed by atoms with Crippen molar-refractivity contribution in [1.29, 1.82) is 0 Å². The van der Waals surface area contributed by atoms with Gasteiger partial charge in [-0.05, 0) is 49.4 Å². The molecule has 2 heterocycles. The summed E-state index contributed by atoms with van der Waals surface area (Å²) in [7, 11) is 0. The molecular weight excluding hydrogens is 310 g/mol. The van der Waals surface area contributed by atoms with Crippen molar-refractivity contribution in [3.63, 3.8) is 0 Å². The van der Waals surface area contributed by atoms with E-state index < -0.39 is 0 Å². The van der Waals surface area contributed by atoms with E-state index in [1.807, 2.05) is 24.4 Å². The van der Waals surface area contributed by atoms with Crippen molar-refractivity contribution < 1.29 is 4.79 Å². The minimum Gasteiger partial charge on any atom is -0.325 e. The summed E-state index contributed by atoms with van der Waals surface area (Å²) in [6.07, 6.45) is 5.43. The van der Waals surface area contributed by atoms with Crippen LogP contribution in [-0.2, 0) is 24.1 Å². The lowest BCUT2D eigenvalue weighted by Gasteiger charge is -2.22. The number of hydrogen-bond donors (Lipinski definition) is 1. The number of benzene rings is 1. The van der Waals surface area contributed by atoms with Crippen LogP contribution in [0.1, 0.15) is 35.9 Å². The number of nitrogens with one attached hydrogen (secondary N) is 1. The number of carbonyl (C=O) groups is 1. The number of pyridine rings is 1. The fourth-order valence-electron chi connectivity index (χ4n) is 3.81. The molecule has 1 unspecified atom stereocenters. The van der Waals surface area contributed by atoms with Crippen molar-refractivity contribution in [3.8, 4) is 0 Å². The minimum atomic E-state index is -0.00285. The van der Waals surface area contributed by atoms with Gasteiger partial charge in [0, 0.05) is 29.9 Å². The van der Waals surface area contributed by atoms with Crippen LogP contribution in [0.3, 0.4) is 0 Å². The molecule has 1 amide bonds. The molecule has 3 aromatic rings. The Kier molecular flexibility index (Phi) is 4.04. The van der Waals surface area contributed by atoms with Gasteiger partial charge in [-0.25, -0.2) is 4.98 Å². The lowest BCUT2D eigenvalue weighted by atomic mass is 9.88. The van der Waals surface area contributed by atoms with Crippen molar-refractivity contribution in [2.45, 2.75) is 39.5 Å². The van der Waals surface area contributed by atoms with E-state index in [0.29, 0.717) is 0 Å². The van der Waals surface area contributed by atoms with Gasteiger partial charge in [0.15, 0.2) is 0 Å². The van der Waals surface area contributed by atoms with Crippen molar-refractivity contribution in [2.75, 3.05) is 5.32 Å². The molecule has 0 aliphatic heterocycles. The molecular formula is C21H23N3O. The molecule has 0 bridgehead atoms. The average Bonchev–Trinajstić information content (AvgIpc) is 3.01. The van der Waals surface area contributed by atoms with E-state index in [-0.39, 0.29) is 11.8 Å². The molecule has 4 rings (SSSR count). The topological polar surface area (TPSA) is 46.4 Å². The Morgan fingerprint density at radius 1 is 1.28 bits per heavy atom. The molecule has 1 atom stereocenters. The number of anilines is 1. The third-order valence-electron chi connectivity index (χ3n) is 5.24. The molecule has 1 aliphatic rings. The maximum absolute atomic E-state index is 12.9. The monoisotopic (exact) mass is 333 g/mol. The van der Waals surface area contributed by atoms with Crippen LogP contribution in [0, 0.1) is 12.8 Å². The average molecular weight is 333 g/mol. The summed E-state index contributed by atoms with van der Waals surface area (Å²) >= 11 is 0. The first kappa shape index (κ1) is 15.9. The first-order chi connectivity index (χ1) is 12.2. The minimum absolute atomic E-state index is 0.00285. The number of para-hydroxylation sites is 1. The zero-order valence-electron chi connectivity index (χ0n) is 14.7. The van der Waals surface area contributed by atoms with E-state index in [1.165, 1.54) is 11.3 Å². The first-order valence-corrected chi connectivity index (χ1v) is 9.01. The highest BCUT2D eigenvalue weighted by Crippen LogP contribution is 2.28. The summed E-state index contributed by atoms with van der Waals surface area (Å²) in [6, 6.07) is 12.2. The predicted molar refractivity (Wildman–Crippen MR) is 99.9 cm³/mol. The van der Waals surface area contributed by atoms with Crippen molar-refractivity contribution in [2.24, 2.45) is 5.92 Å². The number of rotatable bonds is 3. The number of fused-ring (bicyclic) bond motifs is 3. The molecule has 4 heteroatoms. The normalized spacial score (nSPS) is 16.6. The van der Waals surface area contributed by atoms with Crippen LogP contribution in [0.4, 0.5) is 5.69 Å². The summed E-state index contributed by atoms with van der Waals surface area (Å²) in [5, 5.41) is 3.20. The van der Waals surface area contributed by atoms with Crippen LogP contribution < -0.4 is 5.32 Å². The van der Waals surface area contributed by atoms with Crippen LogP contribution >= 0.6 is 0 Å². The maximum atomic E-state index is 12.9. The summed E-state index contributed by atoms with van der Waals surface area (Å²) in [4.78, 5) is 17.6. The zero-order chi connectivity index (χ0) is 17.4. The fourth-order valence-corrected chi connectivity index (χ4v) is 3.81. The zero-order valence-corrected chi connectivity index (χ0v) is 14.7. The van der Waals surface area contributed by atoms with Gasteiger partial charge in [-0.15, -0.1) is 0 Å². The van der Waals surface area contributed by atoms with E-state index in [1.54, 1.807) is 0 Å². The van der Waals surface area contributed by atoms with Crippen LogP contribution in [0.2, 0.25) is 0 Å². The fraction of sp³-hybridized carbons (Fsp3) is 0.333. The molecule has 2 aromatic heterocycles. The smallest absolute Gasteiger partial charge is 0.227 e.